The van der Waals surface area contributed by atoms with Gasteiger partial charge in [0.05, 0.1) is 34.4 Å². The van der Waals surface area contributed by atoms with Gasteiger partial charge in [-0.2, -0.15) is 0 Å². The predicted octanol–water partition coefficient (Wildman–Crippen LogP) is 10.2. The number of carbonyl (C=O) groups excluding carboxylic acids is 1. The van der Waals surface area contributed by atoms with Gasteiger partial charge in [-0.1, -0.05) is 141 Å². The molecule has 0 spiro atoms. The van der Waals surface area contributed by atoms with Gasteiger partial charge in [-0.3, -0.25) is 9.36 Å². The molecule has 8 nitrogen and oxygen atoms in total. The zero-order valence-electron chi connectivity index (χ0n) is 31.9. The van der Waals surface area contributed by atoms with Gasteiger partial charge in [0, 0.05) is 13.0 Å². The van der Waals surface area contributed by atoms with Crippen LogP contribution in [0.3, 0.4) is 0 Å². The molecule has 0 rings (SSSR count). The van der Waals surface area contributed by atoms with Crippen molar-refractivity contribution < 1.29 is 37.3 Å². The molecule has 0 aromatic carbocycles. The number of likely N-dealkylation sites (N-methyl/N-ethyl adjacent to an activating group) is 1. The lowest BCUT2D eigenvalue weighted by Crippen LogP contribution is -2.37. The summed E-state index contributed by atoms with van der Waals surface area (Å²) >= 11 is 0. The van der Waals surface area contributed by atoms with E-state index in [0.29, 0.717) is 24.1 Å². The van der Waals surface area contributed by atoms with Crippen LogP contribution in [0, 0.1) is 0 Å². The minimum absolute atomic E-state index is 0.0247. The molecule has 0 aliphatic heterocycles. The summed E-state index contributed by atoms with van der Waals surface area (Å²) in [6, 6.07) is 0. The van der Waals surface area contributed by atoms with E-state index in [0.717, 1.165) is 57.8 Å². The fraction of sp³-hybridized carbons (Fsp3) is 0.872. The van der Waals surface area contributed by atoms with Crippen LogP contribution in [0.25, 0.3) is 0 Å². The van der Waals surface area contributed by atoms with E-state index in [1.807, 2.05) is 21.1 Å². The molecule has 0 saturated heterocycles. The molecule has 0 heterocycles. The number of nitrogens with zero attached hydrogens (tertiary/aromatic N) is 1. The Labute approximate surface area is 296 Å². The minimum Gasteiger partial charge on any atom is -0.756 e. The lowest BCUT2D eigenvalue weighted by Gasteiger charge is -2.28. The van der Waals surface area contributed by atoms with E-state index in [2.05, 4.69) is 38.2 Å². The lowest BCUT2D eigenvalue weighted by atomic mass is 10.1. The van der Waals surface area contributed by atoms with Crippen molar-refractivity contribution >= 4 is 13.8 Å². The van der Waals surface area contributed by atoms with Crippen molar-refractivity contribution in [3.8, 4) is 0 Å². The molecule has 48 heavy (non-hydrogen) atoms. The molecule has 0 saturated carbocycles. The molecule has 0 aliphatic rings. The number of rotatable bonds is 36. The van der Waals surface area contributed by atoms with Gasteiger partial charge in [0.25, 0.3) is 7.82 Å². The molecule has 9 heteroatoms. The van der Waals surface area contributed by atoms with Crippen LogP contribution in [0.4, 0.5) is 0 Å². The van der Waals surface area contributed by atoms with E-state index in [1.165, 1.54) is 83.5 Å². The monoisotopic (exact) mass is 702 g/mol. The molecule has 0 fully saturated rings. The first-order valence-corrected chi connectivity index (χ1v) is 21.0. The number of unbranched alkanes of at least 4 members (excludes halogenated alkanes) is 18. The second-order valence-electron chi connectivity index (χ2n) is 14.3. The van der Waals surface area contributed by atoms with E-state index < -0.39 is 13.9 Å². The molecule has 0 amide bonds. The Balaban J connectivity index is 4.31. The first kappa shape index (κ1) is 47.0. The van der Waals surface area contributed by atoms with Gasteiger partial charge in [0.2, 0.25) is 0 Å². The summed E-state index contributed by atoms with van der Waals surface area (Å²) in [6.07, 6.45) is 34.6. The highest BCUT2D eigenvalue weighted by Gasteiger charge is 2.20. The molecule has 0 aromatic rings. The number of ether oxygens (including phenoxy) is 2. The maximum absolute atomic E-state index is 12.6. The van der Waals surface area contributed by atoms with Gasteiger partial charge in [0.15, 0.2) is 0 Å². The summed E-state index contributed by atoms with van der Waals surface area (Å²) < 4.78 is 34.4. The molecular weight excluding hydrogens is 625 g/mol. The molecular formula is C39H76NO7P. The molecule has 0 radical (unpaired) electrons. The smallest absolute Gasteiger partial charge is 0.306 e. The van der Waals surface area contributed by atoms with Gasteiger partial charge in [-0.05, 0) is 38.5 Å². The second kappa shape index (κ2) is 33.1. The Morgan fingerprint density at radius 1 is 0.646 bits per heavy atom. The third-order valence-electron chi connectivity index (χ3n) is 8.26. The molecule has 2 unspecified atom stereocenters. The number of hydrogen-bond acceptors (Lipinski definition) is 7. The number of hydrogen-bond donors (Lipinski definition) is 0. The van der Waals surface area contributed by atoms with Gasteiger partial charge in [0.1, 0.15) is 19.3 Å². The summed E-state index contributed by atoms with van der Waals surface area (Å²) in [5, 5.41) is 0. The summed E-state index contributed by atoms with van der Waals surface area (Å²) in [4.78, 5) is 24.9. The highest BCUT2D eigenvalue weighted by atomic mass is 31.2. The van der Waals surface area contributed by atoms with Crippen LogP contribution in [0.1, 0.15) is 162 Å². The zero-order valence-corrected chi connectivity index (χ0v) is 32.8. The van der Waals surface area contributed by atoms with Crippen molar-refractivity contribution in [3.63, 3.8) is 0 Å². The van der Waals surface area contributed by atoms with Crippen molar-refractivity contribution in [2.24, 2.45) is 0 Å². The van der Waals surface area contributed by atoms with Crippen LogP contribution < -0.4 is 4.89 Å². The summed E-state index contributed by atoms with van der Waals surface area (Å²) in [5.41, 5.74) is 0. The van der Waals surface area contributed by atoms with E-state index in [1.54, 1.807) is 0 Å². The number of carbonyl (C=O) groups is 1. The predicted molar refractivity (Wildman–Crippen MR) is 199 cm³/mol. The number of allylic oxidation sites excluding steroid dienone is 4. The normalized spacial score (nSPS) is 14.2. The summed E-state index contributed by atoms with van der Waals surface area (Å²) in [7, 11) is 1.35. The molecule has 284 valence electrons. The van der Waals surface area contributed by atoms with E-state index in [9.17, 15) is 14.3 Å². The topological polar surface area (TPSA) is 94.1 Å². The number of esters is 1. The Hall–Kier alpha value is -1.02. The highest BCUT2D eigenvalue weighted by molar-refractivity contribution is 7.45. The molecule has 2 atom stereocenters. The molecule has 0 aromatic heterocycles. The first-order valence-electron chi connectivity index (χ1n) is 19.6. The average Bonchev–Trinajstić information content (AvgIpc) is 3.03. The van der Waals surface area contributed by atoms with E-state index >= 15 is 0 Å². The zero-order chi connectivity index (χ0) is 35.6. The number of phosphoric acid groups is 1. The van der Waals surface area contributed by atoms with Crippen LogP contribution in [0.2, 0.25) is 0 Å². The highest BCUT2D eigenvalue weighted by Crippen LogP contribution is 2.38. The van der Waals surface area contributed by atoms with Crippen molar-refractivity contribution in [1.82, 2.24) is 0 Å². The number of phosphoric ester groups is 1. The summed E-state index contributed by atoms with van der Waals surface area (Å²) in [6.45, 7) is 5.35. The third kappa shape index (κ3) is 36.3. The maximum atomic E-state index is 12.6. The maximum Gasteiger partial charge on any atom is 0.306 e. The summed E-state index contributed by atoms with van der Waals surface area (Å²) in [5.74, 6) is -0.348. The van der Waals surface area contributed by atoms with Crippen molar-refractivity contribution in [2.75, 3.05) is 54.1 Å². The Morgan fingerprint density at radius 2 is 1.17 bits per heavy atom. The van der Waals surface area contributed by atoms with Gasteiger partial charge >= 0.3 is 5.97 Å². The van der Waals surface area contributed by atoms with E-state index in [-0.39, 0.29) is 25.8 Å². The fourth-order valence-corrected chi connectivity index (χ4v) is 5.88. The Kier molecular flexibility index (Phi) is 32.4. The van der Waals surface area contributed by atoms with Crippen LogP contribution in [-0.2, 0) is 27.9 Å². The van der Waals surface area contributed by atoms with Crippen molar-refractivity contribution in [3.05, 3.63) is 24.3 Å². The SMILES string of the molecule is CCCC/C=C\C/C=C\CCCCCCCC(=O)OC(COCCCCCCCCCCCCCC)COP(=O)([O-])OCC[N+](C)(C)C. The average molecular weight is 702 g/mol. The van der Waals surface area contributed by atoms with Crippen LogP contribution in [0.15, 0.2) is 24.3 Å². The minimum atomic E-state index is -4.52. The van der Waals surface area contributed by atoms with Crippen LogP contribution >= 0.6 is 7.82 Å². The largest absolute Gasteiger partial charge is 0.756 e. The van der Waals surface area contributed by atoms with E-state index in [4.69, 9.17) is 18.5 Å². The van der Waals surface area contributed by atoms with Crippen molar-refractivity contribution in [1.29, 1.82) is 0 Å². The fourth-order valence-electron chi connectivity index (χ4n) is 5.15. The Morgan fingerprint density at radius 3 is 1.75 bits per heavy atom. The van der Waals surface area contributed by atoms with Gasteiger partial charge in [-0.25, -0.2) is 0 Å². The molecule has 0 aliphatic carbocycles. The van der Waals surface area contributed by atoms with Gasteiger partial charge in [-0.15, -0.1) is 0 Å². The number of quaternary nitrogens is 1. The lowest BCUT2D eigenvalue weighted by molar-refractivity contribution is -0.870. The van der Waals surface area contributed by atoms with Crippen LogP contribution in [-0.4, -0.2) is 70.7 Å². The van der Waals surface area contributed by atoms with Gasteiger partial charge < -0.3 is 27.9 Å². The van der Waals surface area contributed by atoms with Crippen LogP contribution in [0.5, 0.6) is 0 Å². The second-order valence-corrected chi connectivity index (χ2v) is 15.7. The Bertz CT molecular complexity index is 828. The quantitative estimate of drug-likeness (QED) is 0.0211. The molecule has 0 bridgehead atoms. The van der Waals surface area contributed by atoms with Crippen molar-refractivity contribution in [2.45, 2.75) is 168 Å². The molecule has 0 N–H and O–H groups in total. The first-order chi connectivity index (χ1) is 23.1. The standard InChI is InChI=1S/C39H76NO7P/c1-6-8-10-12-14-16-18-20-21-22-24-26-28-30-32-39(41)47-38(37-46-48(42,43)45-35-33-40(3,4)5)36-44-34-31-29-27-25-23-19-17-15-13-11-9-7-2/h12,14,18,20,38H,6-11,13,15-17,19,21-37H2,1-5H3/b14-12-,20-18-. The third-order valence-corrected chi connectivity index (χ3v) is 9.22.